The highest BCUT2D eigenvalue weighted by Gasteiger charge is 2.14. The van der Waals surface area contributed by atoms with Crippen LogP contribution in [0.25, 0.3) is 11.1 Å². The summed E-state index contributed by atoms with van der Waals surface area (Å²) in [4.78, 5) is 16.4. The van der Waals surface area contributed by atoms with Crippen molar-refractivity contribution in [3.63, 3.8) is 0 Å². The Kier molecular flexibility index (Phi) is 7.08. The standard InChI is InChI=1S/C20H21Cl2N3O3S/c1-13-4-7-17-18(10-13)28-20(24-17)29-19(26)23-8-3-9-25(2,27)12-14-5-6-15(21)16(22)11-14/h4-7,10-11H,3,8-9,12H2,1-2H3,(H,23,26). The van der Waals surface area contributed by atoms with Gasteiger partial charge < -0.3 is 19.6 Å². The average Bonchev–Trinajstić information content (AvgIpc) is 3.03. The number of hydrogen-bond donors (Lipinski definition) is 1. The molecule has 9 heteroatoms. The minimum atomic E-state index is -0.467. The molecule has 0 spiro atoms. The van der Waals surface area contributed by atoms with Crippen molar-refractivity contribution in [3.05, 3.63) is 62.8 Å². The van der Waals surface area contributed by atoms with Crippen LogP contribution in [0.1, 0.15) is 17.5 Å². The van der Waals surface area contributed by atoms with Gasteiger partial charge in [0.2, 0.25) is 0 Å². The van der Waals surface area contributed by atoms with E-state index in [2.05, 4.69) is 10.3 Å². The summed E-state index contributed by atoms with van der Waals surface area (Å²) < 4.78 is 5.12. The number of amides is 1. The Labute approximate surface area is 183 Å². The van der Waals surface area contributed by atoms with Crippen LogP contribution in [0.5, 0.6) is 0 Å². The molecule has 1 unspecified atom stereocenters. The molecule has 0 radical (unpaired) electrons. The molecule has 0 saturated heterocycles. The summed E-state index contributed by atoms with van der Waals surface area (Å²) in [7, 11) is 1.60. The summed E-state index contributed by atoms with van der Waals surface area (Å²) in [5.74, 6) is 0. The Morgan fingerprint density at radius 3 is 2.79 bits per heavy atom. The van der Waals surface area contributed by atoms with Gasteiger partial charge in [0, 0.05) is 30.3 Å². The molecule has 1 atom stereocenters. The van der Waals surface area contributed by atoms with Crippen LogP contribution in [0.2, 0.25) is 10.0 Å². The molecule has 0 bridgehead atoms. The minimum Gasteiger partial charge on any atom is -0.633 e. The van der Waals surface area contributed by atoms with E-state index in [1.54, 1.807) is 25.2 Å². The molecule has 1 aromatic heterocycles. The second kappa shape index (κ2) is 9.36. The van der Waals surface area contributed by atoms with Gasteiger partial charge in [-0.15, -0.1) is 0 Å². The van der Waals surface area contributed by atoms with Crippen LogP contribution in [-0.4, -0.2) is 35.0 Å². The van der Waals surface area contributed by atoms with Crippen LogP contribution >= 0.6 is 35.0 Å². The first-order valence-corrected chi connectivity index (χ1v) is 10.6. The lowest BCUT2D eigenvalue weighted by Crippen LogP contribution is -2.39. The molecule has 0 aliphatic carbocycles. The molecular weight excluding hydrogens is 433 g/mol. The zero-order valence-corrected chi connectivity index (χ0v) is 18.4. The van der Waals surface area contributed by atoms with Gasteiger partial charge in [-0.2, -0.15) is 0 Å². The van der Waals surface area contributed by atoms with Gasteiger partial charge in [-0.25, -0.2) is 4.98 Å². The van der Waals surface area contributed by atoms with Crippen molar-refractivity contribution in [1.82, 2.24) is 10.3 Å². The molecule has 154 valence electrons. The summed E-state index contributed by atoms with van der Waals surface area (Å²) in [6.45, 7) is 2.99. The second-order valence-corrected chi connectivity index (χ2v) is 8.79. The quantitative estimate of drug-likeness (QED) is 0.212. The van der Waals surface area contributed by atoms with Crippen LogP contribution < -0.4 is 5.32 Å². The molecule has 0 fully saturated rings. The van der Waals surface area contributed by atoms with Crippen molar-refractivity contribution in [1.29, 1.82) is 0 Å². The number of oxazole rings is 1. The number of rotatable bonds is 7. The lowest BCUT2D eigenvalue weighted by molar-refractivity contribution is -0.874. The topological polar surface area (TPSA) is 78.2 Å². The van der Waals surface area contributed by atoms with Crippen LogP contribution in [0.15, 0.2) is 46.0 Å². The smallest absolute Gasteiger partial charge is 0.288 e. The fourth-order valence-electron chi connectivity index (χ4n) is 2.88. The third-order valence-corrected chi connectivity index (χ3v) is 5.70. The first-order chi connectivity index (χ1) is 13.7. The van der Waals surface area contributed by atoms with E-state index < -0.39 is 4.65 Å². The number of nitrogens with zero attached hydrogens (tertiary/aromatic N) is 2. The number of nitrogens with one attached hydrogen (secondary N) is 1. The number of aryl methyl sites for hydroxylation is 1. The molecule has 1 N–H and O–H groups in total. The zero-order chi connectivity index (χ0) is 21.0. The van der Waals surface area contributed by atoms with Crippen molar-refractivity contribution >= 4 is 51.3 Å². The number of thioether (sulfide) groups is 1. The molecule has 6 nitrogen and oxygen atoms in total. The van der Waals surface area contributed by atoms with Crippen LogP contribution in [-0.2, 0) is 6.54 Å². The van der Waals surface area contributed by atoms with Crippen LogP contribution in [0.3, 0.4) is 0 Å². The Balaban J connectivity index is 1.43. The largest absolute Gasteiger partial charge is 0.633 e. The Morgan fingerprint density at radius 1 is 1.24 bits per heavy atom. The van der Waals surface area contributed by atoms with Gasteiger partial charge in [0.05, 0.1) is 23.6 Å². The fraction of sp³-hybridized carbons (Fsp3) is 0.300. The monoisotopic (exact) mass is 453 g/mol. The molecule has 3 rings (SSSR count). The summed E-state index contributed by atoms with van der Waals surface area (Å²) in [5, 5.41) is 16.4. The van der Waals surface area contributed by atoms with Crippen LogP contribution in [0.4, 0.5) is 4.79 Å². The molecule has 0 aliphatic heterocycles. The van der Waals surface area contributed by atoms with E-state index in [-0.39, 0.29) is 11.8 Å². The molecule has 2 aromatic carbocycles. The molecular formula is C20H21Cl2N3O3S. The van der Waals surface area contributed by atoms with Crippen LogP contribution in [0, 0.1) is 12.1 Å². The number of carbonyl (C=O) groups excluding carboxylic acids is 1. The number of hydroxylamine groups is 3. The van der Waals surface area contributed by atoms with Crippen molar-refractivity contribution in [2.75, 3.05) is 20.1 Å². The Morgan fingerprint density at radius 2 is 2.03 bits per heavy atom. The maximum atomic E-state index is 12.6. The minimum absolute atomic E-state index is 0.266. The summed E-state index contributed by atoms with van der Waals surface area (Å²) >= 11 is 12.8. The van der Waals surface area contributed by atoms with E-state index in [1.165, 1.54) is 0 Å². The Bertz CT molecular complexity index is 1020. The van der Waals surface area contributed by atoms with E-state index in [4.69, 9.17) is 27.6 Å². The maximum Gasteiger partial charge on any atom is 0.288 e. The Hall–Kier alpha value is -1.77. The number of aromatic nitrogens is 1. The predicted octanol–water partition coefficient (Wildman–Crippen LogP) is 5.78. The average molecular weight is 454 g/mol. The van der Waals surface area contributed by atoms with Crippen molar-refractivity contribution in [3.8, 4) is 0 Å². The number of benzene rings is 2. The van der Waals surface area contributed by atoms with Crippen molar-refractivity contribution in [2.24, 2.45) is 0 Å². The van der Waals surface area contributed by atoms with Gasteiger partial charge >= 0.3 is 0 Å². The van der Waals surface area contributed by atoms with E-state index in [0.29, 0.717) is 45.9 Å². The number of quaternary nitrogens is 1. The summed E-state index contributed by atoms with van der Waals surface area (Å²) in [6.07, 6.45) is 0.542. The summed E-state index contributed by atoms with van der Waals surface area (Å²) in [5.41, 5.74) is 3.26. The number of halogens is 2. The normalized spacial score (nSPS) is 13.4. The maximum absolute atomic E-state index is 12.6. The molecule has 1 amide bonds. The van der Waals surface area contributed by atoms with Gasteiger partial charge in [-0.05, 0) is 36.8 Å². The highest BCUT2D eigenvalue weighted by Crippen LogP contribution is 2.25. The highest BCUT2D eigenvalue weighted by molar-refractivity contribution is 8.13. The van der Waals surface area contributed by atoms with E-state index >= 15 is 0 Å². The van der Waals surface area contributed by atoms with Crippen molar-refractivity contribution < 1.29 is 13.9 Å². The van der Waals surface area contributed by atoms with Gasteiger partial charge in [0.1, 0.15) is 12.1 Å². The lowest BCUT2D eigenvalue weighted by Gasteiger charge is -2.38. The molecule has 0 saturated carbocycles. The van der Waals surface area contributed by atoms with E-state index in [9.17, 15) is 10.0 Å². The molecule has 29 heavy (non-hydrogen) atoms. The first-order valence-electron chi connectivity index (χ1n) is 9.04. The van der Waals surface area contributed by atoms with Gasteiger partial charge in [-0.3, -0.25) is 4.79 Å². The van der Waals surface area contributed by atoms with Crippen molar-refractivity contribution in [2.45, 2.75) is 25.1 Å². The lowest BCUT2D eigenvalue weighted by atomic mass is 10.2. The third kappa shape index (κ3) is 6.35. The predicted molar refractivity (Wildman–Crippen MR) is 117 cm³/mol. The van der Waals surface area contributed by atoms with Gasteiger partial charge in [-0.1, -0.05) is 35.3 Å². The van der Waals surface area contributed by atoms with Gasteiger partial charge in [0.15, 0.2) is 5.58 Å². The number of hydrogen-bond acceptors (Lipinski definition) is 5. The van der Waals surface area contributed by atoms with E-state index in [0.717, 1.165) is 22.9 Å². The molecule has 3 aromatic rings. The number of carbonyl (C=O) groups is 1. The SMILES string of the molecule is Cc1ccc2nc(SC(=O)NCCC[N+](C)([O-])Cc3ccc(Cl)c(Cl)c3)oc2c1. The second-order valence-electron chi connectivity index (χ2n) is 7.05. The zero-order valence-electron chi connectivity index (χ0n) is 16.1. The highest BCUT2D eigenvalue weighted by atomic mass is 35.5. The molecule has 0 aliphatic rings. The fourth-order valence-corrected chi connectivity index (χ4v) is 3.81. The van der Waals surface area contributed by atoms with Gasteiger partial charge in [0.25, 0.3) is 10.5 Å². The third-order valence-electron chi connectivity index (χ3n) is 4.28. The van der Waals surface area contributed by atoms with E-state index in [1.807, 2.05) is 25.1 Å². The summed E-state index contributed by atoms with van der Waals surface area (Å²) in [6, 6.07) is 10.9. The first kappa shape index (κ1) is 21.9. The number of fused-ring (bicyclic) bond motifs is 1. The molecule has 1 heterocycles.